The van der Waals surface area contributed by atoms with Gasteiger partial charge in [0.25, 0.3) is 5.91 Å². The monoisotopic (exact) mass is 458 g/mol. The molecular weight excluding hydrogens is 442 g/mol. The topological polar surface area (TPSA) is 82.2 Å². The van der Waals surface area contributed by atoms with Crippen molar-refractivity contribution in [3.63, 3.8) is 0 Å². The van der Waals surface area contributed by atoms with Crippen molar-refractivity contribution in [2.75, 3.05) is 5.32 Å². The van der Waals surface area contributed by atoms with E-state index in [-0.39, 0.29) is 29.7 Å². The summed E-state index contributed by atoms with van der Waals surface area (Å²) in [5.74, 6) is -0.490. The third-order valence-electron chi connectivity index (χ3n) is 4.67. The zero-order chi connectivity index (χ0) is 22.7. The molecule has 4 aromatic rings. The van der Waals surface area contributed by atoms with Crippen LogP contribution in [0.25, 0.3) is 0 Å². The molecule has 0 atom stereocenters. The second-order valence-corrected chi connectivity index (χ2v) is 7.30. The lowest BCUT2D eigenvalue weighted by Crippen LogP contribution is -2.15. The number of aromatic nitrogens is 3. The lowest BCUT2D eigenvalue weighted by molar-refractivity contribution is 0.101. The number of halogens is 3. The van der Waals surface area contributed by atoms with E-state index in [0.717, 1.165) is 0 Å². The van der Waals surface area contributed by atoms with Crippen molar-refractivity contribution in [3.05, 3.63) is 94.1 Å². The van der Waals surface area contributed by atoms with Gasteiger partial charge in [0.1, 0.15) is 29.8 Å². The maximum atomic E-state index is 14.0. The van der Waals surface area contributed by atoms with Crippen LogP contribution in [0.5, 0.6) is 5.75 Å². The fourth-order valence-electron chi connectivity index (χ4n) is 2.98. The Hall–Kier alpha value is -3.72. The molecule has 32 heavy (non-hydrogen) atoms. The molecule has 1 N–H and O–H groups in total. The summed E-state index contributed by atoms with van der Waals surface area (Å²) in [6.45, 7) is 1.76. The molecule has 0 radical (unpaired) electrons. The summed E-state index contributed by atoms with van der Waals surface area (Å²) in [5, 5.41) is 10.9. The molecule has 0 saturated carbocycles. The second kappa shape index (κ2) is 9.19. The minimum absolute atomic E-state index is 0.00869. The molecule has 0 aliphatic carbocycles. The second-order valence-electron chi connectivity index (χ2n) is 6.89. The number of rotatable bonds is 7. The fourth-order valence-corrected chi connectivity index (χ4v) is 3.20. The molecule has 2 aromatic carbocycles. The van der Waals surface area contributed by atoms with Crippen molar-refractivity contribution in [2.24, 2.45) is 0 Å². The summed E-state index contributed by atoms with van der Waals surface area (Å²) in [6.07, 6.45) is 2.97. The maximum Gasteiger partial charge on any atom is 0.278 e. The van der Waals surface area contributed by atoms with Crippen LogP contribution >= 0.6 is 11.6 Å². The highest BCUT2D eigenvalue weighted by molar-refractivity contribution is 6.31. The summed E-state index contributed by atoms with van der Waals surface area (Å²) < 4.78 is 39.2. The first kappa shape index (κ1) is 21.5. The first-order valence-electron chi connectivity index (χ1n) is 9.51. The Morgan fingerprint density at radius 2 is 1.97 bits per heavy atom. The first-order chi connectivity index (χ1) is 15.4. The summed E-state index contributed by atoms with van der Waals surface area (Å²) in [4.78, 5) is 12.7. The van der Waals surface area contributed by atoms with Gasteiger partial charge < -0.3 is 14.6 Å². The predicted octanol–water partition coefficient (Wildman–Crippen LogP) is 4.99. The van der Waals surface area contributed by atoms with Crippen molar-refractivity contribution < 1.29 is 22.8 Å². The molecule has 2 aromatic heterocycles. The van der Waals surface area contributed by atoms with E-state index in [4.69, 9.17) is 20.9 Å². The molecule has 0 spiro atoms. The number of hydrogen-bond donors (Lipinski definition) is 1. The molecule has 0 bridgehead atoms. The molecular formula is C22H17ClF2N4O3. The van der Waals surface area contributed by atoms with Crippen molar-refractivity contribution >= 4 is 23.2 Å². The van der Waals surface area contributed by atoms with E-state index in [1.165, 1.54) is 47.3 Å². The minimum Gasteiger partial charge on any atom is -0.489 e. The van der Waals surface area contributed by atoms with Gasteiger partial charge >= 0.3 is 0 Å². The van der Waals surface area contributed by atoms with Crippen LogP contribution in [-0.4, -0.2) is 20.8 Å². The van der Waals surface area contributed by atoms with Gasteiger partial charge in [0.05, 0.1) is 24.0 Å². The molecule has 7 nitrogen and oxygen atoms in total. The van der Waals surface area contributed by atoms with Gasteiger partial charge in [0, 0.05) is 16.8 Å². The van der Waals surface area contributed by atoms with Crippen molar-refractivity contribution in [3.8, 4) is 5.75 Å². The average molecular weight is 459 g/mol. The van der Waals surface area contributed by atoms with Crippen LogP contribution in [-0.2, 0) is 13.2 Å². The Labute approximate surface area is 186 Å². The van der Waals surface area contributed by atoms with E-state index in [9.17, 15) is 13.6 Å². The lowest BCUT2D eigenvalue weighted by Gasteiger charge is -2.07. The molecule has 0 saturated heterocycles. The Bertz CT molecular complexity index is 1230. The average Bonchev–Trinajstić information content (AvgIpc) is 3.36. The number of amides is 1. The van der Waals surface area contributed by atoms with E-state index < -0.39 is 11.7 Å². The predicted molar refractivity (Wildman–Crippen MR) is 113 cm³/mol. The number of carbonyl (C=O) groups is 1. The largest absolute Gasteiger partial charge is 0.489 e. The van der Waals surface area contributed by atoms with Crippen molar-refractivity contribution in [1.29, 1.82) is 0 Å². The van der Waals surface area contributed by atoms with Gasteiger partial charge in [-0.15, -0.1) is 0 Å². The van der Waals surface area contributed by atoms with E-state index in [1.54, 1.807) is 19.2 Å². The van der Waals surface area contributed by atoms with E-state index in [2.05, 4.69) is 15.6 Å². The molecule has 164 valence electrons. The smallest absolute Gasteiger partial charge is 0.278 e. The third kappa shape index (κ3) is 4.78. The number of anilines is 1. The highest BCUT2D eigenvalue weighted by Gasteiger charge is 2.21. The van der Waals surface area contributed by atoms with E-state index >= 15 is 0 Å². The number of nitrogens with zero attached hydrogens (tertiary/aromatic N) is 3. The van der Waals surface area contributed by atoms with E-state index in [1.807, 2.05) is 0 Å². The minimum atomic E-state index is -0.525. The van der Waals surface area contributed by atoms with E-state index in [0.29, 0.717) is 28.3 Å². The van der Waals surface area contributed by atoms with Crippen LogP contribution in [0.2, 0.25) is 5.02 Å². The molecule has 10 heteroatoms. The van der Waals surface area contributed by atoms with Gasteiger partial charge in [0.2, 0.25) is 0 Å². The van der Waals surface area contributed by atoms with Gasteiger partial charge in [-0.1, -0.05) is 22.8 Å². The van der Waals surface area contributed by atoms with Gasteiger partial charge in [-0.05, 0) is 43.3 Å². The van der Waals surface area contributed by atoms with Crippen molar-refractivity contribution in [1.82, 2.24) is 14.9 Å². The van der Waals surface area contributed by atoms with Gasteiger partial charge in [0.15, 0.2) is 5.69 Å². The number of aryl methyl sites for hydroxylation is 1. The highest BCUT2D eigenvalue weighted by atomic mass is 35.5. The SMILES string of the molecule is Cc1onc(C(=O)Nc2cnn(Cc3c(F)cccc3Cl)c2)c1COc1ccc(F)cc1. The quantitative estimate of drug-likeness (QED) is 0.422. The fraction of sp³-hybridized carbons (Fsp3) is 0.136. The first-order valence-corrected chi connectivity index (χ1v) is 9.88. The third-order valence-corrected chi connectivity index (χ3v) is 5.02. The zero-order valence-corrected chi connectivity index (χ0v) is 17.6. The molecule has 1 amide bonds. The van der Waals surface area contributed by atoms with Gasteiger partial charge in [-0.25, -0.2) is 8.78 Å². The summed E-state index contributed by atoms with van der Waals surface area (Å²) >= 11 is 6.05. The van der Waals surface area contributed by atoms with Crippen LogP contribution in [0.3, 0.4) is 0 Å². The van der Waals surface area contributed by atoms with Gasteiger partial charge in [-0.2, -0.15) is 5.10 Å². The maximum absolute atomic E-state index is 14.0. The number of ether oxygens (including phenoxy) is 1. The lowest BCUT2D eigenvalue weighted by atomic mass is 10.2. The summed E-state index contributed by atoms with van der Waals surface area (Å²) in [5.41, 5.74) is 1.18. The molecule has 0 aliphatic heterocycles. The normalized spacial score (nSPS) is 10.9. The number of carbonyl (C=O) groups excluding carboxylic acids is 1. The van der Waals surface area contributed by atoms with Crippen LogP contribution in [0.4, 0.5) is 14.5 Å². The molecule has 2 heterocycles. The number of nitrogens with one attached hydrogen (secondary N) is 1. The van der Waals surface area contributed by atoms with Crippen LogP contribution in [0, 0.1) is 18.6 Å². The molecule has 0 fully saturated rings. The Morgan fingerprint density at radius 3 is 2.72 bits per heavy atom. The summed E-state index contributed by atoms with van der Waals surface area (Å²) in [6, 6.07) is 9.94. The highest BCUT2D eigenvalue weighted by Crippen LogP contribution is 2.22. The van der Waals surface area contributed by atoms with Crippen LogP contribution < -0.4 is 10.1 Å². The van der Waals surface area contributed by atoms with Crippen LogP contribution in [0.1, 0.15) is 27.4 Å². The van der Waals surface area contributed by atoms with Crippen molar-refractivity contribution in [2.45, 2.75) is 20.1 Å². The Morgan fingerprint density at radius 1 is 1.19 bits per heavy atom. The number of hydrogen-bond acceptors (Lipinski definition) is 5. The molecule has 0 aliphatic rings. The standard InChI is InChI=1S/C22H17ClF2N4O3/c1-13-18(12-31-16-7-5-14(24)6-8-16)21(28-32-13)22(30)27-15-9-26-29(10-15)11-17-19(23)3-2-4-20(17)25/h2-10H,11-12H2,1H3,(H,27,30). The summed E-state index contributed by atoms with van der Waals surface area (Å²) in [7, 11) is 0. The Kier molecular flexibility index (Phi) is 6.18. The van der Waals surface area contributed by atoms with Gasteiger partial charge in [-0.3, -0.25) is 9.48 Å². The molecule has 0 unspecified atom stereocenters. The molecule has 4 rings (SSSR count). The zero-order valence-electron chi connectivity index (χ0n) is 16.8. The Balaban J connectivity index is 1.44. The van der Waals surface area contributed by atoms with Crippen LogP contribution in [0.15, 0.2) is 59.4 Å². The number of benzene rings is 2.